The van der Waals surface area contributed by atoms with Crippen molar-refractivity contribution in [2.75, 3.05) is 13.2 Å². The quantitative estimate of drug-likeness (QED) is 0.754. The van der Waals surface area contributed by atoms with Gasteiger partial charge in [-0.05, 0) is 17.5 Å². The zero-order chi connectivity index (χ0) is 13.6. The van der Waals surface area contributed by atoms with Gasteiger partial charge in [0.15, 0.2) is 5.78 Å². The minimum atomic E-state index is -0.0217. The molecular formula is C14H22N2O2. The minimum Gasteiger partial charge on any atom is -0.395 e. The molecule has 0 bridgehead atoms. The van der Waals surface area contributed by atoms with Crippen molar-refractivity contribution in [3.63, 3.8) is 0 Å². The van der Waals surface area contributed by atoms with Gasteiger partial charge in [-0.1, -0.05) is 20.8 Å². The number of aliphatic hydroxyl groups excluding tert-OH is 1. The first-order valence-corrected chi connectivity index (χ1v) is 6.22. The van der Waals surface area contributed by atoms with Crippen molar-refractivity contribution >= 4 is 5.78 Å². The molecule has 0 saturated heterocycles. The Morgan fingerprint density at radius 3 is 2.72 bits per heavy atom. The average Bonchev–Trinajstić information content (AvgIpc) is 2.34. The number of nitrogens with zero attached hydrogens (tertiary/aromatic N) is 1. The number of pyridine rings is 1. The molecule has 0 fully saturated rings. The average molecular weight is 250 g/mol. The Balaban J connectivity index is 2.40. The van der Waals surface area contributed by atoms with Gasteiger partial charge in [-0.25, -0.2) is 0 Å². The van der Waals surface area contributed by atoms with Crippen LogP contribution in [0.15, 0.2) is 24.5 Å². The fourth-order valence-electron chi connectivity index (χ4n) is 1.68. The second-order valence-corrected chi connectivity index (χ2v) is 5.47. The molecule has 0 aliphatic heterocycles. The maximum Gasteiger partial charge on any atom is 0.165 e. The lowest BCUT2D eigenvalue weighted by Crippen LogP contribution is -2.43. The van der Waals surface area contributed by atoms with E-state index in [0.29, 0.717) is 18.5 Å². The lowest BCUT2D eigenvalue weighted by Gasteiger charge is -2.29. The molecule has 0 amide bonds. The molecule has 1 aromatic heterocycles. The number of Topliss-reactive ketones (excluding diaryl/α,β-unsaturated/α-hetero) is 1. The molecule has 0 aliphatic rings. The Morgan fingerprint density at radius 1 is 1.50 bits per heavy atom. The molecule has 1 aromatic rings. The second kappa shape index (κ2) is 6.61. The van der Waals surface area contributed by atoms with E-state index in [4.69, 9.17) is 0 Å². The maximum absolute atomic E-state index is 11.8. The van der Waals surface area contributed by atoms with E-state index in [9.17, 15) is 9.90 Å². The SMILES string of the molecule is CC(C)(C)C(CO)NCCC(=O)c1cccnc1. The lowest BCUT2D eigenvalue weighted by atomic mass is 9.87. The number of nitrogens with one attached hydrogen (secondary N) is 1. The van der Waals surface area contributed by atoms with Gasteiger partial charge in [0, 0.05) is 37.0 Å². The summed E-state index contributed by atoms with van der Waals surface area (Å²) in [6.07, 6.45) is 3.64. The van der Waals surface area contributed by atoms with Crippen LogP contribution in [0.4, 0.5) is 0 Å². The molecule has 4 heteroatoms. The summed E-state index contributed by atoms with van der Waals surface area (Å²) in [5, 5.41) is 12.5. The highest BCUT2D eigenvalue weighted by Crippen LogP contribution is 2.18. The van der Waals surface area contributed by atoms with Gasteiger partial charge in [0.1, 0.15) is 0 Å². The van der Waals surface area contributed by atoms with Crippen LogP contribution in [0.1, 0.15) is 37.6 Å². The number of hydrogen-bond donors (Lipinski definition) is 2. The summed E-state index contributed by atoms with van der Waals surface area (Å²) in [4.78, 5) is 15.7. The first-order valence-electron chi connectivity index (χ1n) is 6.22. The number of aliphatic hydroxyl groups is 1. The van der Waals surface area contributed by atoms with Crippen LogP contribution in [0.25, 0.3) is 0 Å². The highest BCUT2D eigenvalue weighted by atomic mass is 16.3. The Bertz CT molecular complexity index is 371. The highest BCUT2D eigenvalue weighted by Gasteiger charge is 2.23. The predicted octanol–water partition coefficient (Wildman–Crippen LogP) is 1.65. The van der Waals surface area contributed by atoms with Crippen LogP contribution in [0.3, 0.4) is 0 Å². The van der Waals surface area contributed by atoms with Gasteiger partial charge in [-0.2, -0.15) is 0 Å². The van der Waals surface area contributed by atoms with E-state index in [1.165, 1.54) is 0 Å². The Labute approximate surface area is 108 Å². The van der Waals surface area contributed by atoms with Crippen molar-refractivity contribution in [1.82, 2.24) is 10.3 Å². The first kappa shape index (κ1) is 14.8. The van der Waals surface area contributed by atoms with Crippen molar-refractivity contribution in [2.24, 2.45) is 5.41 Å². The number of carbonyl (C=O) groups is 1. The van der Waals surface area contributed by atoms with Gasteiger partial charge < -0.3 is 10.4 Å². The topological polar surface area (TPSA) is 62.2 Å². The molecule has 1 heterocycles. The summed E-state index contributed by atoms with van der Waals surface area (Å²) >= 11 is 0. The smallest absolute Gasteiger partial charge is 0.165 e. The third kappa shape index (κ3) is 4.55. The van der Waals surface area contributed by atoms with Gasteiger partial charge in [0.25, 0.3) is 0 Å². The largest absolute Gasteiger partial charge is 0.395 e. The van der Waals surface area contributed by atoms with Crippen LogP contribution in [0, 0.1) is 5.41 Å². The van der Waals surface area contributed by atoms with Gasteiger partial charge in [-0.3, -0.25) is 9.78 Å². The van der Waals surface area contributed by atoms with E-state index < -0.39 is 0 Å². The fourth-order valence-corrected chi connectivity index (χ4v) is 1.68. The molecule has 100 valence electrons. The zero-order valence-corrected chi connectivity index (χ0v) is 11.3. The standard InChI is InChI=1S/C14H22N2O2/c1-14(2,3)13(10-17)16-8-6-12(18)11-5-4-7-15-9-11/h4-5,7,9,13,16-17H,6,8,10H2,1-3H3. The van der Waals surface area contributed by atoms with E-state index in [0.717, 1.165) is 0 Å². The lowest BCUT2D eigenvalue weighted by molar-refractivity contribution is 0.0972. The summed E-state index contributed by atoms with van der Waals surface area (Å²) in [5.41, 5.74) is 0.613. The van der Waals surface area contributed by atoms with Gasteiger partial charge >= 0.3 is 0 Å². The first-order chi connectivity index (χ1) is 8.45. The number of aromatic nitrogens is 1. The fraction of sp³-hybridized carbons (Fsp3) is 0.571. The third-order valence-corrected chi connectivity index (χ3v) is 2.95. The van der Waals surface area contributed by atoms with Crippen LogP contribution < -0.4 is 5.32 Å². The minimum absolute atomic E-state index is 0.000742. The van der Waals surface area contributed by atoms with E-state index in [1.807, 2.05) is 0 Å². The van der Waals surface area contributed by atoms with Crippen molar-refractivity contribution in [3.8, 4) is 0 Å². The molecule has 1 rings (SSSR count). The molecule has 0 aliphatic carbocycles. The number of hydrogen-bond acceptors (Lipinski definition) is 4. The number of rotatable bonds is 6. The number of ketones is 1. The normalized spacial score (nSPS) is 13.3. The summed E-state index contributed by atoms with van der Waals surface area (Å²) in [6.45, 7) is 6.82. The Morgan fingerprint density at radius 2 is 2.22 bits per heavy atom. The third-order valence-electron chi connectivity index (χ3n) is 2.95. The van der Waals surface area contributed by atoms with E-state index in [-0.39, 0.29) is 23.8 Å². The highest BCUT2D eigenvalue weighted by molar-refractivity contribution is 5.95. The van der Waals surface area contributed by atoms with Crippen molar-refractivity contribution in [1.29, 1.82) is 0 Å². The Hall–Kier alpha value is -1.26. The summed E-state index contributed by atoms with van der Waals surface area (Å²) in [7, 11) is 0. The summed E-state index contributed by atoms with van der Waals surface area (Å²) in [6, 6.07) is 3.52. The van der Waals surface area contributed by atoms with Gasteiger partial charge in [0.2, 0.25) is 0 Å². The summed E-state index contributed by atoms with van der Waals surface area (Å²) in [5.74, 6) is 0.0706. The molecule has 1 unspecified atom stereocenters. The van der Waals surface area contributed by atoms with Crippen molar-refractivity contribution in [2.45, 2.75) is 33.2 Å². The molecule has 0 radical (unpaired) electrons. The van der Waals surface area contributed by atoms with Crippen molar-refractivity contribution < 1.29 is 9.90 Å². The van der Waals surface area contributed by atoms with E-state index in [2.05, 4.69) is 31.1 Å². The number of carbonyl (C=O) groups excluding carboxylic acids is 1. The molecule has 0 aromatic carbocycles. The summed E-state index contributed by atoms with van der Waals surface area (Å²) < 4.78 is 0. The van der Waals surface area contributed by atoms with E-state index in [1.54, 1.807) is 24.5 Å². The molecule has 0 spiro atoms. The molecule has 1 atom stereocenters. The molecule has 2 N–H and O–H groups in total. The predicted molar refractivity (Wildman–Crippen MR) is 71.5 cm³/mol. The van der Waals surface area contributed by atoms with Crippen LogP contribution >= 0.6 is 0 Å². The van der Waals surface area contributed by atoms with Crippen LogP contribution in [-0.2, 0) is 0 Å². The van der Waals surface area contributed by atoms with Crippen molar-refractivity contribution in [3.05, 3.63) is 30.1 Å². The van der Waals surface area contributed by atoms with E-state index >= 15 is 0 Å². The maximum atomic E-state index is 11.8. The monoisotopic (exact) mass is 250 g/mol. The van der Waals surface area contributed by atoms with Gasteiger partial charge in [-0.15, -0.1) is 0 Å². The van der Waals surface area contributed by atoms with Crippen LogP contribution in [-0.4, -0.2) is 35.1 Å². The zero-order valence-electron chi connectivity index (χ0n) is 11.3. The second-order valence-electron chi connectivity index (χ2n) is 5.47. The molecule has 18 heavy (non-hydrogen) atoms. The molecule has 0 saturated carbocycles. The molecule has 4 nitrogen and oxygen atoms in total. The van der Waals surface area contributed by atoms with Crippen LogP contribution in [0.2, 0.25) is 0 Å². The van der Waals surface area contributed by atoms with Crippen LogP contribution in [0.5, 0.6) is 0 Å². The molecular weight excluding hydrogens is 228 g/mol. The van der Waals surface area contributed by atoms with Gasteiger partial charge in [0.05, 0.1) is 6.61 Å². The Kier molecular flexibility index (Phi) is 5.44.